The molecule has 1 unspecified atom stereocenters. The van der Waals surface area contributed by atoms with Crippen LogP contribution in [0.3, 0.4) is 0 Å². The van der Waals surface area contributed by atoms with Crippen molar-refractivity contribution in [3.05, 3.63) is 51.4 Å². The van der Waals surface area contributed by atoms with E-state index in [1.807, 2.05) is 39.8 Å². The minimum absolute atomic E-state index is 0.00424. The van der Waals surface area contributed by atoms with Gasteiger partial charge in [-0.25, -0.2) is 9.78 Å². The van der Waals surface area contributed by atoms with Crippen molar-refractivity contribution in [2.75, 3.05) is 5.32 Å². The largest absolute Gasteiger partial charge is 0.442 e. The average Bonchev–Trinajstić information content (AvgIpc) is 3.54. The first kappa shape index (κ1) is 22.7. The van der Waals surface area contributed by atoms with Crippen LogP contribution in [0.25, 0.3) is 10.9 Å². The molecular weight excluding hydrogens is 450 g/mol. The van der Waals surface area contributed by atoms with E-state index in [4.69, 9.17) is 16.3 Å². The number of ether oxygens (including phenoxy) is 1. The number of fused-ring (bicyclic) bond motifs is 2. The van der Waals surface area contributed by atoms with Crippen LogP contribution in [0.2, 0.25) is 5.15 Å². The maximum atomic E-state index is 12.8. The fourth-order valence-electron chi connectivity index (χ4n) is 4.76. The minimum Gasteiger partial charge on any atom is -0.442 e. The van der Waals surface area contributed by atoms with Crippen molar-refractivity contribution in [2.45, 2.75) is 77.4 Å². The van der Waals surface area contributed by atoms with Gasteiger partial charge in [0.1, 0.15) is 16.8 Å². The third kappa shape index (κ3) is 4.12. The van der Waals surface area contributed by atoms with Crippen molar-refractivity contribution in [2.24, 2.45) is 0 Å². The van der Waals surface area contributed by atoms with E-state index < -0.39 is 11.7 Å². The number of nitrogens with one attached hydrogen (secondary N) is 1. The van der Waals surface area contributed by atoms with E-state index in [2.05, 4.69) is 27.5 Å². The molecule has 7 nitrogen and oxygen atoms in total. The molecule has 5 rings (SSSR count). The summed E-state index contributed by atoms with van der Waals surface area (Å²) < 4.78 is 6.97. The first-order valence-corrected chi connectivity index (χ1v) is 12.2. The lowest BCUT2D eigenvalue weighted by Gasteiger charge is -2.28. The molecule has 3 aromatic rings. The van der Waals surface area contributed by atoms with Gasteiger partial charge < -0.3 is 10.1 Å². The zero-order chi connectivity index (χ0) is 24.2. The van der Waals surface area contributed by atoms with Crippen LogP contribution >= 0.6 is 11.6 Å². The van der Waals surface area contributed by atoms with Gasteiger partial charge >= 0.3 is 6.09 Å². The summed E-state index contributed by atoms with van der Waals surface area (Å²) in [6, 6.07) is 8.14. The Morgan fingerprint density at radius 1 is 1.26 bits per heavy atom. The summed E-state index contributed by atoms with van der Waals surface area (Å²) in [6.07, 6.45) is 4.52. The molecule has 0 aliphatic heterocycles. The lowest BCUT2D eigenvalue weighted by atomic mass is 9.87. The van der Waals surface area contributed by atoms with Crippen LogP contribution < -0.4 is 5.32 Å². The number of carbonyl (C=O) groups excluding carboxylic acids is 1. The maximum Gasteiger partial charge on any atom is 0.435 e. The number of pyridine rings is 1. The number of aromatic nitrogens is 3. The Bertz CT molecular complexity index is 1340. The van der Waals surface area contributed by atoms with Crippen molar-refractivity contribution in [3.63, 3.8) is 0 Å². The molecule has 8 heteroatoms. The molecule has 176 valence electrons. The second-order valence-electron chi connectivity index (χ2n) is 10.3. The van der Waals surface area contributed by atoms with E-state index in [9.17, 15) is 10.1 Å². The van der Waals surface area contributed by atoms with Gasteiger partial charge in [-0.2, -0.15) is 15.0 Å². The Balaban J connectivity index is 1.51. The number of anilines is 1. The molecule has 2 aliphatic rings. The molecule has 0 amide bonds. The maximum absolute atomic E-state index is 12.8. The van der Waals surface area contributed by atoms with Gasteiger partial charge in [-0.1, -0.05) is 11.6 Å². The van der Waals surface area contributed by atoms with E-state index in [1.165, 1.54) is 4.68 Å². The summed E-state index contributed by atoms with van der Waals surface area (Å²) >= 11 is 6.34. The predicted octanol–water partition coefficient (Wildman–Crippen LogP) is 6.41. The molecule has 2 aliphatic carbocycles. The highest BCUT2D eigenvalue weighted by Gasteiger charge is 2.32. The van der Waals surface area contributed by atoms with Gasteiger partial charge in [-0.3, -0.25) is 0 Å². The number of halogens is 1. The van der Waals surface area contributed by atoms with Crippen molar-refractivity contribution < 1.29 is 9.53 Å². The van der Waals surface area contributed by atoms with E-state index in [0.717, 1.165) is 71.2 Å². The molecule has 1 fully saturated rings. The smallest absolute Gasteiger partial charge is 0.435 e. The van der Waals surface area contributed by atoms with Crippen molar-refractivity contribution in [3.8, 4) is 6.07 Å². The van der Waals surface area contributed by atoms with Crippen molar-refractivity contribution >= 4 is 34.3 Å². The number of rotatable bonds is 3. The highest BCUT2D eigenvalue weighted by molar-refractivity contribution is 6.30. The highest BCUT2D eigenvalue weighted by atomic mass is 35.5. The molecule has 1 saturated carbocycles. The summed E-state index contributed by atoms with van der Waals surface area (Å²) in [7, 11) is 0. The molecule has 1 atom stereocenters. The summed E-state index contributed by atoms with van der Waals surface area (Å²) in [6.45, 7) is 7.50. The number of nitrogens with zero attached hydrogens (tertiary/aromatic N) is 4. The van der Waals surface area contributed by atoms with Crippen LogP contribution in [0.5, 0.6) is 0 Å². The fourth-order valence-corrected chi connectivity index (χ4v) is 5.03. The molecule has 0 spiro atoms. The van der Waals surface area contributed by atoms with Gasteiger partial charge in [0.2, 0.25) is 0 Å². The van der Waals surface area contributed by atoms with E-state index in [0.29, 0.717) is 11.5 Å². The van der Waals surface area contributed by atoms with Crippen LogP contribution in [0.4, 0.5) is 10.5 Å². The fraction of sp³-hybridized carbons (Fsp3) is 0.462. The van der Waals surface area contributed by atoms with E-state index in [1.54, 1.807) is 0 Å². The molecule has 0 radical (unpaired) electrons. The number of hydrogen-bond donors (Lipinski definition) is 1. The normalized spacial score (nSPS) is 17.8. The Hall–Kier alpha value is -3.11. The summed E-state index contributed by atoms with van der Waals surface area (Å²) in [5, 5.41) is 19.0. The molecule has 0 saturated heterocycles. The predicted molar refractivity (Wildman–Crippen MR) is 131 cm³/mol. The second kappa shape index (κ2) is 8.28. The Kier molecular flexibility index (Phi) is 5.52. The average molecular weight is 478 g/mol. The monoisotopic (exact) mass is 477 g/mol. The Morgan fingerprint density at radius 2 is 2.03 bits per heavy atom. The van der Waals surface area contributed by atoms with Crippen molar-refractivity contribution in [1.82, 2.24) is 14.8 Å². The van der Waals surface area contributed by atoms with Crippen LogP contribution in [-0.2, 0) is 11.2 Å². The Morgan fingerprint density at radius 3 is 2.71 bits per heavy atom. The van der Waals surface area contributed by atoms with Gasteiger partial charge in [0.15, 0.2) is 0 Å². The number of benzene rings is 1. The summed E-state index contributed by atoms with van der Waals surface area (Å²) in [4.78, 5) is 17.4. The molecule has 1 aromatic carbocycles. The van der Waals surface area contributed by atoms with Crippen LogP contribution in [0.1, 0.15) is 86.5 Å². The standard InChI is InChI=1S/C26H28ClN5O2/c1-14-17-6-5-7-20(23(17)30-24(27)19(14)13-28)29-16-10-11-21-18(12-16)22(15-8-9-15)31-32(21)25(33)34-26(2,3)4/h10-12,15,20,29H,5-9H2,1-4H3. The quantitative estimate of drug-likeness (QED) is 0.438. The molecular formula is C26H28ClN5O2. The van der Waals surface area contributed by atoms with Gasteiger partial charge in [0, 0.05) is 17.0 Å². The van der Waals surface area contributed by atoms with E-state index >= 15 is 0 Å². The highest BCUT2D eigenvalue weighted by Crippen LogP contribution is 2.43. The molecule has 0 bridgehead atoms. The lowest BCUT2D eigenvalue weighted by Crippen LogP contribution is -2.27. The molecule has 2 aromatic heterocycles. The number of hydrogen-bond acceptors (Lipinski definition) is 6. The first-order chi connectivity index (χ1) is 16.2. The SMILES string of the molecule is Cc1c(C#N)c(Cl)nc2c1CCCC2Nc1ccc2c(c1)c(C1CC1)nn2C(=O)OC(C)(C)C. The van der Waals surface area contributed by atoms with Gasteiger partial charge in [-0.05, 0) is 89.1 Å². The topological polar surface area (TPSA) is 92.8 Å². The van der Waals surface area contributed by atoms with Crippen LogP contribution in [-0.4, -0.2) is 26.5 Å². The molecule has 1 N–H and O–H groups in total. The lowest BCUT2D eigenvalue weighted by molar-refractivity contribution is 0.0522. The Labute approximate surface area is 204 Å². The van der Waals surface area contributed by atoms with Gasteiger partial charge in [-0.15, -0.1) is 0 Å². The van der Waals surface area contributed by atoms with Crippen LogP contribution in [0.15, 0.2) is 18.2 Å². The zero-order valence-corrected chi connectivity index (χ0v) is 20.7. The zero-order valence-electron chi connectivity index (χ0n) is 19.9. The van der Waals surface area contributed by atoms with Gasteiger partial charge in [0.25, 0.3) is 0 Å². The number of nitriles is 1. The van der Waals surface area contributed by atoms with Gasteiger partial charge in [0.05, 0.1) is 28.5 Å². The van der Waals surface area contributed by atoms with E-state index in [-0.39, 0.29) is 11.2 Å². The van der Waals surface area contributed by atoms with Crippen molar-refractivity contribution in [1.29, 1.82) is 5.26 Å². The third-order valence-electron chi connectivity index (χ3n) is 6.50. The third-order valence-corrected chi connectivity index (χ3v) is 6.78. The summed E-state index contributed by atoms with van der Waals surface area (Å²) in [5.74, 6) is 0.379. The first-order valence-electron chi connectivity index (χ1n) is 11.8. The second-order valence-corrected chi connectivity index (χ2v) is 10.6. The summed E-state index contributed by atoms with van der Waals surface area (Å²) in [5.41, 5.74) is 5.46. The molecule has 2 heterocycles. The molecule has 34 heavy (non-hydrogen) atoms. The minimum atomic E-state index is -0.594. The van der Waals surface area contributed by atoms with Crippen LogP contribution in [0, 0.1) is 18.3 Å². The number of carbonyl (C=O) groups is 1.